The van der Waals surface area contributed by atoms with E-state index in [1.807, 2.05) is 34.8 Å². The van der Waals surface area contributed by atoms with E-state index in [9.17, 15) is 4.79 Å². The highest BCUT2D eigenvalue weighted by atomic mass is 16.2. The molecular formula is C11H17N3O. The van der Waals surface area contributed by atoms with Crippen molar-refractivity contribution in [3.63, 3.8) is 0 Å². The zero-order valence-corrected chi connectivity index (χ0v) is 9.02. The summed E-state index contributed by atoms with van der Waals surface area (Å²) in [6.45, 7) is 0.889. The molecule has 0 unspecified atom stereocenters. The van der Waals surface area contributed by atoms with E-state index in [-0.39, 0.29) is 5.91 Å². The summed E-state index contributed by atoms with van der Waals surface area (Å²) in [5.74, 6) is 0.170. The van der Waals surface area contributed by atoms with Crippen molar-refractivity contribution in [2.45, 2.75) is 32.0 Å². The first kappa shape index (κ1) is 10.2. The van der Waals surface area contributed by atoms with Crippen LogP contribution < -0.4 is 5.73 Å². The summed E-state index contributed by atoms with van der Waals surface area (Å²) in [6, 6.07) is 4.35. The fraction of sp³-hybridized carbons (Fsp3) is 0.545. The van der Waals surface area contributed by atoms with Crippen molar-refractivity contribution >= 4 is 5.91 Å². The molecule has 1 fully saturated rings. The molecule has 0 aliphatic heterocycles. The number of rotatable bonds is 4. The van der Waals surface area contributed by atoms with Crippen LogP contribution in [-0.4, -0.2) is 28.5 Å². The molecular weight excluding hydrogens is 190 g/mol. The van der Waals surface area contributed by atoms with E-state index >= 15 is 0 Å². The molecule has 1 aliphatic rings. The van der Waals surface area contributed by atoms with E-state index in [2.05, 4.69) is 0 Å². The Morgan fingerprint density at radius 3 is 3.00 bits per heavy atom. The van der Waals surface area contributed by atoms with Gasteiger partial charge in [0.25, 0.3) is 0 Å². The highest BCUT2D eigenvalue weighted by Gasteiger charge is 2.29. The van der Waals surface area contributed by atoms with E-state index in [0.29, 0.717) is 19.1 Å². The lowest BCUT2D eigenvalue weighted by Crippen LogP contribution is -2.32. The van der Waals surface area contributed by atoms with Gasteiger partial charge in [0.1, 0.15) is 6.54 Å². The molecule has 1 aromatic rings. The van der Waals surface area contributed by atoms with Gasteiger partial charge >= 0.3 is 0 Å². The van der Waals surface area contributed by atoms with Crippen LogP contribution in [0.3, 0.4) is 0 Å². The van der Waals surface area contributed by atoms with Gasteiger partial charge in [-0.25, -0.2) is 0 Å². The third kappa shape index (κ3) is 2.21. The molecule has 15 heavy (non-hydrogen) atoms. The zero-order chi connectivity index (χ0) is 10.8. The Hall–Kier alpha value is -1.29. The molecule has 82 valence electrons. The van der Waals surface area contributed by atoms with Crippen molar-refractivity contribution < 1.29 is 4.79 Å². The van der Waals surface area contributed by atoms with Gasteiger partial charge in [0, 0.05) is 31.5 Å². The van der Waals surface area contributed by atoms with Gasteiger partial charge in [0.2, 0.25) is 5.91 Å². The highest BCUT2D eigenvalue weighted by molar-refractivity contribution is 5.76. The Kier molecular flexibility index (Phi) is 2.77. The monoisotopic (exact) mass is 207 g/mol. The third-order valence-electron chi connectivity index (χ3n) is 2.93. The fourth-order valence-electron chi connectivity index (χ4n) is 1.71. The normalized spacial score (nSPS) is 15.3. The summed E-state index contributed by atoms with van der Waals surface area (Å²) in [6.07, 6.45) is 4.20. The third-order valence-corrected chi connectivity index (χ3v) is 2.93. The van der Waals surface area contributed by atoms with E-state index < -0.39 is 0 Å². The van der Waals surface area contributed by atoms with E-state index in [1.165, 1.54) is 0 Å². The fourth-order valence-corrected chi connectivity index (χ4v) is 1.71. The highest BCUT2D eigenvalue weighted by Crippen LogP contribution is 2.25. The van der Waals surface area contributed by atoms with Crippen LogP contribution in [0.15, 0.2) is 18.3 Å². The molecule has 2 N–H and O–H groups in total. The Balaban J connectivity index is 1.98. The number of nitrogens with zero attached hydrogens (tertiary/aromatic N) is 2. The lowest BCUT2D eigenvalue weighted by molar-refractivity contribution is -0.131. The summed E-state index contributed by atoms with van der Waals surface area (Å²) in [4.78, 5) is 13.7. The molecule has 1 heterocycles. The predicted octanol–water partition coefficient (Wildman–Crippen LogP) is 0.568. The summed E-state index contributed by atoms with van der Waals surface area (Å²) >= 11 is 0. The Bertz CT molecular complexity index is 354. The molecule has 0 aromatic carbocycles. The first-order valence-corrected chi connectivity index (χ1v) is 5.32. The van der Waals surface area contributed by atoms with Crippen LogP contribution in [0.25, 0.3) is 0 Å². The molecule has 0 bridgehead atoms. The number of hydrogen-bond donors (Lipinski definition) is 1. The van der Waals surface area contributed by atoms with Gasteiger partial charge in [-0.1, -0.05) is 0 Å². The van der Waals surface area contributed by atoms with E-state index in [4.69, 9.17) is 5.73 Å². The van der Waals surface area contributed by atoms with E-state index in [0.717, 1.165) is 18.5 Å². The minimum atomic E-state index is 0.170. The van der Waals surface area contributed by atoms with Crippen LogP contribution in [0.2, 0.25) is 0 Å². The first-order chi connectivity index (χ1) is 7.22. The number of hydrogen-bond acceptors (Lipinski definition) is 2. The maximum atomic E-state index is 11.8. The molecule has 1 amide bonds. The number of carbonyl (C=O) groups is 1. The summed E-state index contributed by atoms with van der Waals surface area (Å²) in [5, 5.41) is 0. The van der Waals surface area contributed by atoms with Gasteiger partial charge < -0.3 is 15.2 Å². The summed E-state index contributed by atoms with van der Waals surface area (Å²) in [5.41, 5.74) is 6.58. The molecule has 4 nitrogen and oxygen atoms in total. The Morgan fingerprint density at radius 1 is 1.67 bits per heavy atom. The molecule has 0 spiro atoms. The predicted molar refractivity (Wildman–Crippen MR) is 58.1 cm³/mol. The molecule has 0 radical (unpaired) electrons. The zero-order valence-electron chi connectivity index (χ0n) is 9.02. The second-order valence-electron chi connectivity index (χ2n) is 4.07. The van der Waals surface area contributed by atoms with Crippen LogP contribution >= 0.6 is 0 Å². The molecule has 1 aromatic heterocycles. The van der Waals surface area contributed by atoms with Crippen LogP contribution in [-0.2, 0) is 17.9 Å². The van der Waals surface area contributed by atoms with Crippen molar-refractivity contribution in [1.82, 2.24) is 9.47 Å². The lowest BCUT2D eigenvalue weighted by Gasteiger charge is -2.17. The minimum Gasteiger partial charge on any atom is -0.341 e. The quantitative estimate of drug-likeness (QED) is 0.784. The van der Waals surface area contributed by atoms with Crippen LogP contribution in [0, 0.1) is 0 Å². The minimum absolute atomic E-state index is 0.170. The van der Waals surface area contributed by atoms with Crippen LogP contribution in [0.5, 0.6) is 0 Å². The molecule has 4 heteroatoms. The molecule has 0 saturated heterocycles. The molecule has 2 rings (SSSR count). The second-order valence-corrected chi connectivity index (χ2v) is 4.07. The maximum absolute atomic E-state index is 11.8. The van der Waals surface area contributed by atoms with Gasteiger partial charge in [-0.3, -0.25) is 4.79 Å². The smallest absolute Gasteiger partial charge is 0.242 e. The van der Waals surface area contributed by atoms with Gasteiger partial charge in [0.15, 0.2) is 0 Å². The molecule has 1 aliphatic carbocycles. The van der Waals surface area contributed by atoms with Gasteiger partial charge in [-0.05, 0) is 25.0 Å². The van der Waals surface area contributed by atoms with Gasteiger partial charge in [-0.15, -0.1) is 0 Å². The van der Waals surface area contributed by atoms with Gasteiger partial charge in [-0.2, -0.15) is 0 Å². The Labute approximate surface area is 89.7 Å². The van der Waals surface area contributed by atoms with Crippen molar-refractivity contribution in [2.24, 2.45) is 5.73 Å². The second kappa shape index (κ2) is 4.06. The largest absolute Gasteiger partial charge is 0.341 e. The maximum Gasteiger partial charge on any atom is 0.242 e. The standard InChI is InChI=1S/C11H17N3O/c1-13(9-4-5-9)11(15)8-14-6-2-3-10(14)7-12/h2-3,6,9H,4-5,7-8,12H2,1H3. The van der Waals surface area contributed by atoms with Gasteiger partial charge in [0.05, 0.1) is 0 Å². The summed E-state index contributed by atoms with van der Waals surface area (Å²) in [7, 11) is 1.88. The topological polar surface area (TPSA) is 51.3 Å². The first-order valence-electron chi connectivity index (χ1n) is 5.32. The summed E-state index contributed by atoms with van der Waals surface area (Å²) < 4.78 is 1.92. The average molecular weight is 207 g/mol. The number of carbonyl (C=O) groups excluding carboxylic acids is 1. The molecule has 0 atom stereocenters. The lowest BCUT2D eigenvalue weighted by atomic mass is 10.4. The number of amides is 1. The van der Waals surface area contributed by atoms with Crippen molar-refractivity contribution in [3.8, 4) is 0 Å². The Morgan fingerprint density at radius 2 is 2.40 bits per heavy atom. The number of likely N-dealkylation sites (N-methyl/N-ethyl adjacent to an activating group) is 1. The van der Waals surface area contributed by atoms with E-state index in [1.54, 1.807) is 0 Å². The number of nitrogens with two attached hydrogens (primary N) is 1. The molecule has 1 saturated carbocycles. The SMILES string of the molecule is CN(C(=O)Cn1cccc1CN)C1CC1. The van der Waals surface area contributed by atoms with Crippen LogP contribution in [0.1, 0.15) is 18.5 Å². The van der Waals surface area contributed by atoms with Crippen molar-refractivity contribution in [3.05, 3.63) is 24.0 Å². The van der Waals surface area contributed by atoms with Crippen LogP contribution in [0.4, 0.5) is 0 Å². The average Bonchev–Trinajstić information content (AvgIpc) is 2.99. The van der Waals surface area contributed by atoms with Crippen molar-refractivity contribution in [1.29, 1.82) is 0 Å². The van der Waals surface area contributed by atoms with Crippen molar-refractivity contribution in [2.75, 3.05) is 7.05 Å². The number of aromatic nitrogens is 1.